The number of nitrogens with one attached hydrogen (secondary N) is 2. The van der Waals surface area contributed by atoms with E-state index in [1.54, 1.807) is 19.2 Å². The van der Waals surface area contributed by atoms with E-state index in [1.807, 2.05) is 13.8 Å². The highest BCUT2D eigenvalue weighted by Gasteiger charge is 2.03. The van der Waals surface area contributed by atoms with Gasteiger partial charge < -0.3 is 15.8 Å². The van der Waals surface area contributed by atoms with Crippen molar-refractivity contribution in [2.45, 2.75) is 19.9 Å². The first kappa shape index (κ1) is 12.1. The fraction of sp³-hybridized carbons (Fsp3) is 0.400. The lowest BCUT2D eigenvalue weighted by Gasteiger charge is -2.10. The molecule has 0 spiro atoms. The van der Waals surface area contributed by atoms with E-state index >= 15 is 0 Å². The second-order valence-corrected chi connectivity index (χ2v) is 3.59. The summed E-state index contributed by atoms with van der Waals surface area (Å²) in [6.07, 6.45) is 1.41. The highest BCUT2D eigenvalue weighted by Crippen LogP contribution is 2.01. The van der Waals surface area contributed by atoms with Crippen molar-refractivity contribution in [2.24, 2.45) is 4.99 Å². The lowest BCUT2D eigenvalue weighted by molar-refractivity contribution is 0.172. The lowest BCUT2D eigenvalue weighted by atomic mass is 10.4. The Labute approximate surface area is 93.6 Å². The number of hydrogen-bond donors (Lipinski definition) is 3. The zero-order valence-electron chi connectivity index (χ0n) is 9.56. The molecule has 16 heavy (non-hydrogen) atoms. The van der Waals surface area contributed by atoms with E-state index < -0.39 is 0 Å². The van der Waals surface area contributed by atoms with Gasteiger partial charge in [0.15, 0.2) is 5.49 Å². The summed E-state index contributed by atoms with van der Waals surface area (Å²) in [5.41, 5.74) is 0.936. The number of rotatable bonds is 2. The number of nitrogens with zero attached hydrogens (tertiary/aromatic N) is 2. The first-order valence-corrected chi connectivity index (χ1v) is 4.95. The topological polar surface area (TPSA) is 78.7 Å². The van der Waals surface area contributed by atoms with Crippen LogP contribution in [-0.2, 0) is 0 Å². The minimum atomic E-state index is -0.284. The van der Waals surface area contributed by atoms with Crippen molar-refractivity contribution >= 4 is 11.7 Å². The van der Waals surface area contributed by atoms with Crippen LogP contribution < -0.4 is 16.1 Å². The van der Waals surface area contributed by atoms with Gasteiger partial charge >= 0.3 is 6.03 Å². The molecule has 0 aliphatic carbocycles. The van der Waals surface area contributed by atoms with Gasteiger partial charge in [-0.1, -0.05) is 0 Å². The van der Waals surface area contributed by atoms with Gasteiger partial charge in [-0.05, 0) is 19.9 Å². The molecule has 0 aliphatic rings. The molecule has 0 aliphatic heterocycles. The van der Waals surface area contributed by atoms with Gasteiger partial charge in [-0.15, -0.1) is 0 Å². The molecular formula is C10H16N4O2. The first-order valence-electron chi connectivity index (χ1n) is 4.95. The summed E-state index contributed by atoms with van der Waals surface area (Å²) >= 11 is 0. The highest BCUT2D eigenvalue weighted by atomic mass is 16.5. The molecule has 0 saturated carbocycles. The van der Waals surface area contributed by atoms with Crippen LogP contribution in [0.4, 0.5) is 10.5 Å². The number of aromatic nitrogens is 1. The Morgan fingerprint density at radius 2 is 2.25 bits per heavy atom. The van der Waals surface area contributed by atoms with Crippen molar-refractivity contribution in [3.05, 3.63) is 23.8 Å². The summed E-state index contributed by atoms with van der Waals surface area (Å²) in [4.78, 5) is 15.2. The summed E-state index contributed by atoms with van der Waals surface area (Å²) in [5, 5.41) is 14.6. The van der Waals surface area contributed by atoms with Gasteiger partial charge in [0, 0.05) is 31.0 Å². The quantitative estimate of drug-likeness (QED) is 0.649. The highest BCUT2D eigenvalue weighted by molar-refractivity contribution is 5.89. The zero-order valence-corrected chi connectivity index (χ0v) is 9.56. The molecule has 1 heterocycles. The van der Waals surface area contributed by atoms with Crippen LogP contribution in [0.5, 0.6) is 0 Å². The van der Waals surface area contributed by atoms with E-state index in [4.69, 9.17) is 0 Å². The Morgan fingerprint density at radius 3 is 2.81 bits per heavy atom. The Morgan fingerprint density at radius 1 is 1.56 bits per heavy atom. The largest absolute Gasteiger partial charge is 0.427 e. The van der Waals surface area contributed by atoms with Crippen molar-refractivity contribution in [1.29, 1.82) is 0 Å². The summed E-state index contributed by atoms with van der Waals surface area (Å²) in [5.74, 6) is 0. The molecule has 0 bridgehead atoms. The molecule has 3 N–H and O–H groups in total. The molecule has 0 fully saturated rings. The average molecular weight is 224 g/mol. The monoisotopic (exact) mass is 224 g/mol. The minimum absolute atomic E-state index is 0.0711. The third-order valence-electron chi connectivity index (χ3n) is 1.82. The lowest BCUT2D eigenvalue weighted by Crippen LogP contribution is -2.34. The number of carbonyl (C=O) groups is 1. The van der Waals surface area contributed by atoms with E-state index in [0.29, 0.717) is 11.2 Å². The zero-order chi connectivity index (χ0) is 12.1. The van der Waals surface area contributed by atoms with Gasteiger partial charge in [-0.25, -0.2) is 4.79 Å². The van der Waals surface area contributed by atoms with Crippen LogP contribution in [0.25, 0.3) is 0 Å². The number of carbonyl (C=O) groups excluding carboxylic acids is 1. The molecular weight excluding hydrogens is 208 g/mol. The van der Waals surface area contributed by atoms with E-state index in [1.165, 1.54) is 6.20 Å². The molecule has 1 aromatic heterocycles. The minimum Gasteiger partial charge on any atom is -0.427 e. The summed E-state index contributed by atoms with van der Waals surface area (Å²) in [7, 11) is 1.56. The van der Waals surface area contributed by atoms with Gasteiger partial charge in [-0.3, -0.25) is 4.99 Å². The SMILES string of the molecule is CN=c1cc(NC(=O)NC(C)C)ccn1O. The Bertz CT molecular complexity index is 437. The van der Waals surface area contributed by atoms with Crippen molar-refractivity contribution in [3.8, 4) is 0 Å². The number of anilines is 1. The van der Waals surface area contributed by atoms with Crippen LogP contribution in [0.1, 0.15) is 13.8 Å². The van der Waals surface area contributed by atoms with E-state index in [0.717, 1.165) is 4.73 Å². The third kappa shape index (κ3) is 3.30. The van der Waals surface area contributed by atoms with Crippen molar-refractivity contribution in [1.82, 2.24) is 10.0 Å². The third-order valence-corrected chi connectivity index (χ3v) is 1.82. The summed E-state index contributed by atoms with van der Waals surface area (Å²) in [6, 6.07) is 2.93. The fourth-order valence-corrected chi connectivity index (χ4v) is 1.15. The predicted molar refractivity (Wildman–Crippen MR) is 60.4 cm³/mol. The van der Waals surface area contributed by atoms with Crippen molar-refractivity contribution in [2.75, 3.05) is 12.4 Å². The van der Waals surface area contributed by atoms with E-state index in [9.17, 15) is 10.0 Å². The van der Waals surface area contributed by atoms with E-state index in [-0.39, 0.29) is 12.1 Å². The predicted octanol–water partition coefficient (Wildman–Crippen LogP) is 0.786. The second kappa shape index (κ2) is 5.20. The van der Waals surface area contributed by atoms with Crippen LogP contribution in [0.15, 0.2) is 23.3 Å². The summed E-state index contributed by atoms with van der Waals surface area (Å²) in [6.45, 7) is 3.75. The van der Waals surface area contributed by atoms with Gasteiger partial charge in [0.05, 0.1) is 0 Å². The van der Waals surface area contributed by atoms with Crippen LogP contribution in [0, 0.1) is 0 Å². The van der Waals surface area contributed by atoms with Crippen molar-refractivity contribution < 1.29 is 10.0 Å². The van der Waals surface area contributed by atoms with Gasteiger partial charge in [0.2, 0.25) is 0 Å². The van der Waals surface area contributed by atoms with Crippen LogP contribution >= 0.6 is 0 Å². The molecule has 6 nitrogen and oxygen atoms in total. The molecule has 0 radical (unpaired) electrons. The van der Waals surface area contributed by atoms with Crippen molar-refractivity contribution in [3.63, 3.8) is 0 Å². The first-order chi connectivity index (χ1) is 7.52. The molecule has 0 unspecified atom stereocenters. The molecule has 6 heteroatoms. The maximum absolute atomic E-state index is 11.4. The maximum Gasteiger partial charge on any atom is 0.319 e. The number of urea groups is 1. The molecule has 0 aromatic carbocycles. The van der Waals surface area contributed by atoms with Gasteiger partial charge in [0.25, 0.3) is 0 Å². The summed E-state index contributed by atoms with van der Waals surface area (Å²) < 4.78 is 0.880. The number of hydrogen-bond acceptors (Lipinski definition) is 3. The molecule has 1 rings (SSSR count). The Hall–Kier alpha value is -1.98. The molecule has 1 aromatic rings. The standard InChI is InChI=1S/C10H16N4O2/c1-7(2)12-10(15)13-8-4-5-14(16)9(6-8)11-3/h4-7,16H,1-3H3,(H2,12,13,15). The Kier molecular flexibility index (Phi) is 3.93. The molecule has 88 valence electrons. The molecule has 0 saturated heterocycles. The van der Waals surface area contributed by atoms with Gasteiger partial charge in [-0.2, -0.15) is 4.73 Å². The number of pyridine rings is 1. The average Bonchev–Trinajstić information content (AvgIpc) is 2.19. The van der Waals surface area contributed by atoms with Crippen LogP contribution in [0.2, 0.25) is 0 Å². The Balaban J connectivity index is 2.79. The maximum atomic E-state index is 11.4. The second-order valence-electron chi connectivity index (χ2n) is 3.59. The fourth-order valence-electron chi connectivity index (χ4n) is 1.15. The van der Waals surface area contributed by atoms with Gasteiger partial charge in [0.1, 0.15) is 0 Å². The van der Waals surface area contributed by atoms with E-state index in [2.05, 4.69) is 15.6 Å². The van der Waals surface area contributed by atoms with Crippen LogP contribution in [0.3, 0.4) is 0 Å². The smallest absolute Gasteiger partial charge is 0.319 e. The molecule has 2 amide bonds. The number of amides is 2. The molecule has 0 atom stereocenters. The normalized spacial score (nSPS) is 11.6. The van der Waals surface area contributed by atoms with Crippen LogP contribution in [-0.4, -0.2) is 29.1 Å².